The number of hydrogen-bond donors (Lipinski definition) is 0. The highest BCUT2D eigenvalue weighted by Crippen LogP contribution is 2.25. The molecule has 0 N–H and O–H groups in total. The molecule has 0 saturated carbocycles. The molecule has 0 bridgehead atoms. The zero-order valence-electron chi connectivity index (χ0n) is 7.54. The number of hydrogen-bond acceptors (Lipinski definition) is 1. The average molecular weight is 159 g/mol. The van der Waals surface area contributed by atoms with Crippen molar-refractivity contribution in [3.05, 3.63) is 41.1 Å². The predicted octanol–water partition coefficient (Wildman–Crippen LogP) is 2.15. The van der Waals surface area contributed by atoms with E-state index in [1.807, 2.05) is 0 Å². The summed E-state index contributed by atoms with van der Waals surface area (Å²) < 4.78 is 0. The highest BCUT2D eigenvalue weighted by molar-refractivity contribution is 5.62. The lowest BCUT2D eigenvalue weighted by Gasteiger charge is -2.12. The van der Waals surface area contributed by atoms with Crippen LogP contribution in [0.2, 0.25) is 0 Å². The lowest BCUT2D eigenvalue weighted by atomic mass is 10.1. The fourth-order valence-electron chi connectivity index (χ4n) is 1.55. The number of allylic oxidation sites excluding steroid dienone is 1. The van der Waals surface area contributed by atoms with Crippen LogP contribution in [0.25, 0.3) is 6.08 Å². The fraction of sp³-hybridized carbons (Fsp3) is 0.273. The van der Waals surface area contributed by atoms with Gasteiger partial charge >= 0.3 is 0 Å². The van der Waals surface area contributed by atoms with Gasteiger partial charge in [0.2, 0.25) is 0 Å². The third-order valence-corrected chi connectivity index (χ3v) is 2.32. The topological polar surface area (TPSA) is 3.24 Å². The highest BCUT2D eigenvalue weighted by Gasteiger charge is 2.12. The summed E-state index contributed by atoms with van der Waals surface area (Å²) in [4.78, 5) is 2.18. The van der Waals surface area contributed by atoms with E-state index in [0.717, 1.165) is 6.42 Å². The maximum absolute atomic E-state index is 2.26. The quantitative estimate of drug-likeness (QED) is 0.607. The van der Waals surface area contributed by atoms with E-state index < -0.39 is 0 Å². The molecule has 0 atom stereocenters. The molecule has 1 aliphatic carbocycles. The maximum atomic E-state index is 2.26. The summed E-state index contributed by atoms with van der Waals surface area (Å²) >= 11 is 0. The smallest absolute Gasteiger partial charge is 0.0178 e. The molecule has 0 saturated heterocycles. The Morgan fingerprint density at radius 3 is 2.58 bits per heavy atom. The predicted molar refractivity (Wildman–Crippen MR) is 51.8 cm³/mol. The van der Waals surface area contributed by atoms with Crippen LogP contribution in [0.4, 0.5) is 0 Å². The molecule has 1 aromatic rings. The van der Waals surface area contributed by atoms with Crippen molar-refractivity contribution in [1.29, 1.82) is 0 Å². The number of likely N-dealkylation sites (N-methyl/N-ethyl adjacent to an activating group) is 1. The summed E-state index contributed by atoms with van der Waals surface area (Å²) in [7, 11) is 4.19. The minimum atomic E-state index is 1.09. The number of nitrogens with zero attached hydrogens (tertiary/aromatic N) is 1. The Morgan fingerprint density at radius 2 is 1.92 bits per heavy atom. The van der Waals surface area contributed by atoms with Gasteiger partial charge in [0.25, 0.3) is 0 Å². The monoisotopic (exact) mass is 159 g/mol. The molecule has 0 amide bonds. The summed E-state index contributed by atoms with van der Waals surface area (Å²) in [5.41, 5.74) is 4.22. The van der Waals surface area contributed by atoms with Gasteiger partial charge in [-0.1, -0.05) is 24.3 Å². The van der Waals surface area contributed by atoms with Gasteiger partial charge in [-0.15, -0.1) is 0 Å². The normalized spacial score (nSPS) is 14.0. The van der Waals surface area contributed by atoms with Crippen LogP contribution in [0.5, 0.6) is 0 Å². The van der Waals surface area contributed by atoms with E-state index in [4.69, 9.17) is 0 Å². The van der Waals surface area contributed by atoms with Gasteiger partial charge in [0.15, 0.2) is 0 Å². The molecule has 0 spiro atoms. The maximum Gasteiger partial charge on any atom is 0.0178 e. The van der Waals surface area contributed by atoms with Crippen molar-refractivity contribution >= 4 is 6.08 Å². The van der Waals surface area contributed by atoms with Gasteiger partial charge in [-0.05, 0) is 17.2 Å². The average Bonchev–Trinajstić information content (AvgIpc) is 2.46. The van der Waals surface area contributed by atoms with Crippen LogP contribution in [0.1, 0.15) is 11.1 Å². The van der Waals surface area contributed by atoms with Crippen molar-refractivity contribution in [2.45, 2.75) is 6.42 Å². The van der Waals surface area contributed by atoms with Gasteiger partial charge < -0.3 is 4.90 Å². The van der Waals surface area contributed by atoms with Crippen molar-refractivity contribution in [2.75, 3.05) is 14.1 Å². The van der Waals surface area contributed by atoms with Gasteiger partial charge in [-0.2, -0.15) is 0 Å². The summed E-state index contributed by atoms with van der Waals surface area (Å²) in [6.07, 6.45) is 3.35. The molecule has 1 nitrogen and oxygen atoms in total. The van der Waals surface area contributed by atoms with Crippen LogP contribution in [-0.2, 0) is 6.42 Å². The summed E-state index contributed by atoms with van der Waals surface area (Å²) in [5, 5.41) is 0. The SMILES string of the molecule is CN(C)C1=Cc2ccccc2C1. The van der Waals surface area contributed by atoms with E-state index in [2.05, 4.69) is 49.3 Å². The zero-order chi connectivity index (χ0) is 8.55. The van der Waals surface area contributed by atoms with Crippen LogP contribution in [0.3, 0.4) is 0 Å². The number of benzene rings is 1. The van der Waals surface area contributed by atoms with Crippen molar-refractivity contribution < 1.29 is 0 Å². The second-order valence-corrected chi connectivity index (χ2v) is 3.41. The Balaban J connectivity index is 2.35. The van der Waals surface area contributed by atoms with E-state index in [1.54, 1.807) is 0 Å². The molecule has 0 radical (unpaired) electrons. The molecule has 0 unspecified atom stereocenters. The molecular weight excluding hydrogens is 146 g/mol. The van der Waals surface area contributed by atoms with Crippen LogP contribution >= 0.6 is 0 Å². The van der Waals surface area contributed by atoms with E-state index in [-0.39, 0.29) is 0 Å². The molecule has 1 aromatic carbocycles. The third-order valence-electron chi connectivity index (χ3n) is 2.32. The Morgan fingerprint density at radius 1 is 1.17 bits per heavy atom. The summed E-state index contributed by atoms with van der Waals surface area (Å²) in [6, 6.07) is 8.56. The molecule has 0 aliphatic heterocycles. The summed E-state index contributed by atoms with van der Waals surface area (Å²) in [5.74, 6) is 0. The lowest BCUT2D eigenvalue weighted by molar-refractivity contribution is 0.507. The van der Waals surface area contributed by atoms with E-state index in [0.29, 0.717) is 0 Å². The first-order valence-corrected chi connectivity index (χ1v) is 4.23. The third kappa shape index (κ3) is 1.11. The van der Waals surface area contributed by atoms with Crippen LogP contribution in [-0.4, -0.2) is 19.0 Å². The Hall–Kier alpha value is -1.24. The van der Waals surface area contributed by atoms with Gasteiger partial charge in [0, 0.05) is 26.2 Å². The fourth-order valence-corrected chi connectivity index (χ4v) is 1.55. The highest BCUT2D eigenvalue weighted by atomic mass is 15.1. The van der Waals surface area contributed by atoms with E-state index >= 15 is 0 Å². The Kier molecular flexibility index (Phi) is 1.65. The van der Waals surface area contributed by atoms with Crippen LogP contribution < -0.4 is 0 Å². The molecule has 0 heterocycles. The van der Waals surface area contributed by atoms with E-state index in [9.17, 15) is 0 Å². The molecule has 2 rings (SSSR count). The van der Waals surface area contributed by atoms with Crippen molar-refractivity contribution in [1.82, 2.24) is 4.90 Å². The van der Waals surface area contributed by atoms with Crippen molar-refractivity contribution in [3.8, 4) is 0 Å². The number of fused-ring (bicyclic) bond motifs is 1. The first-order valence-electron chi connectivity index (χ1n) is 4.23. The van der Waals surface area contributed by atoms with Gasteiger partial charge in [0.05, 0.1) is 0 Å². The Labute approximate surface area is 73.3 Å². The van der Waals surface area contributed by atoms with Crippen LogP contribution in [0, 0.1) is 0 Å². The van der Waals surface area contributed by atoms with Crippen LogP contribution in [0.15, 0.2) is 30.0 Å². The molecule has 0 fully saturated rings. The molecule has 1 heteroatoms. The molecule has 62 valence electrons. The largest absolute Gasteiger partial charge is 0.381 e. The van der Waals surface area contributed by atoms with Gasteiger partial charge in [-0.25, -0.2) is 0 Å². The molecule has 0 aromatic heterocycles. The number of rotatable bonds is 1. The molecule has 12 heavy (non-hydrogen) atoms. The standard InChI is InChI=1S/C11H13N/c1-12(2)11-7-9-5-3-4-6-10(9)8-11/h3-7H,8H2,1-2H3. The summed E-state index contributed by atoms with van der Waals surface area (Å²) in [6.45, 7) is 0. The second-order valence-electron chi connectivity index (χ2n) is 3.41. The zero-order valence-corrected chi connectivity index (χ0v) is 7.54. The minimum absolute atomic E-state index is 1.09. The Bertz CT molecular complexity index is 324. The minimum Gasteiger partial charge on any atom is -0.381 e. The van der Waals surface area contributed by atoms with E-state index in [1.165, 1.54) is 16.8 Å². The van der Waals surface area contributed by atoms with Crippen molar-refractivity contribution in [2.24, 2.45) is 0 Å². The second kappa shape index (κ2) is 2.67. The first-order chi connectivity index (χ1) is 5.77. The van der Waals surface area contributed by atoms with Gasteiger partial charge in [0.1, 0.15) is 0 Å². The lowest BCUT2D eigenvalue weighted by Crippen LogP contribution is -2.10. The first kappa shape index (κ1) is 7.41. The molecular formula is C11H13N. The molecule has 1 aliphatic rings. The van der Waals surface area contributed by atoms with Crippen molar-refractivity contribution in [3.63, 3.8) is 0 Å². The van der Waals surface area contributed by atoms with Gasteiger partial charge in [-0.3, -0.25) is 0 Å².